The van der Waals surface area contributed by atoms with Gasteiger partial charge in [0.25, 0.3) is 0 Å². The van der Waals surface area contributed by atoms with Crippen LogP contribution >= 0.6 is 70.7 Å². The third-order valence-electron chi connectivity index (χ3n) is 4.00. The predicted molar refractivity (Wildman–Crippen MR) is 124 cm³/mol. The summed E-state index contributed by atoms with van der Waals surface area (Å²) in [4.78, 5) is 25.7. The predicted octanol–water partition coefficient (Wildman–Crippen LogP) is 7.16. The second-order valence-corrected chi connectivity index (χ2v) is 11.5. The summed E-state index contributed by atoms with van der Waals surface area (Å²) in [5.41, 5.74) is 1.02. The Hall–Kier alpha value is -1.000. The molecule has 0 saturated heterocycles. The van der Waals surface area contributed by atoms with E-state index in [0.717, 1.165) is 0 Å². The smallest absolute Gasteiger partial charge is 0.402 e. The topological polar surface area (TPSA) is 134 Å². The van der Waals surface area contributed by atoms with Crippen molar-refractivity contribution < 1.29 is 32.3 Å². The molecular weight excluding hydrogens is 625 g/mol. The van der Waals surface area contributed by atoms with E-state index in [1.54, 1.807) is 24.3 Å². The highest BCUT2D eigenvalue weighted by Crippen LogP contribution is 2.61. The van der Waals surface area contributed by atoms with Crippen molar-refractivity contribution in [2.45, 2.75) is 0 Å². The Morgan fingerprint density at radius 2 is 1.16 bits per heavy atom. The summed E-state index contributed by atoms with van der Waals surface area (Å²) in [5, 5.41) is 1.59. The molecule has 2 aromatic carbocycles. The van der Waals surface area contributed by atoms with E-state index in [4.69, 9.17) is 32.2 Å². The van der Waals surface area contributed by atoms with Crippen molar-refractivity contribution in [1.82, 2.24) is 9.97 Å². The van der Waals surface area contributed by atoms with Gasteiger partial charge in [0.05, 0.1) is 21.1 Å². The molecule has 15 heteroatoms. The molecule has 4 rings (SSSR count). The van der Waals surface area contributed by atoms with Crippen LogP contribution < -0.4 is 9.05 Å². The van der Waals surface area contributed by atoms with Gasteiger partial charge in [0.1, 0.15) is 0 Å². The quantitative estimate of drug-likeness (QED) is 0.165. The van der Waals surface area contributed by atoms with Gasteiger partial charge in [-0.05, 0) is 56.1 Å². The molecule has 0 fully saturated rings. The summed E-state index contributed by atoms with van der Waals surface area (Å²) < 4.78 is 40.2. The largest absolute Gasteiger partial charge is 0.537 e. The lowest BCUT2D eigenvalue weighted by molar-refractivity contribution is 0.235. The van der Waals surface area contributed by atoms with E-state index in [-0.39, 0.29) is 11.5 Å². The lowest BCUT2D eigenvalue weighted by atomic mass is 10.2. The number of hydrogen-bond acceptors (Lipinski definition) is 5. The number of halogens is 4. The molecule has 0 saturated carbocycles. The highest BCUT2D eigenvalue weighted by molar-refractivity contribution is 9.10. The number of phosphoric acid groups is 2. The van der Waals surface area contributed by atoms with Crippen LogP contribution in [-0.4, -0.2) is 19.8 Å². The molecule has 2 heterocycles. The van der Waals surface area contributed by atoms with Gasteiger partial charge in [-0.1, -0.05) is 23.2 Å². The van der Waals surface area contributed by atoms with Gasteiger partial charge in [-0.15, -0.1) is 0 Å². The lowest BCUT2D eigenvalue weighted by Gasteiger charge is -2.16. The monoisotopic (exact) mass is 632 g/mol. The zero-order chi connectivity index (χ0) is 22.6. The van der Waals surface area contributed by atoms with Crippen LogP contribution in [0.4, 0.5) is 0 Å². The first-order valence-electron chi connectivity index (χ1n) is 8.12. The molecule has 164 valence electrons. The van der Waals surface area contributed by atoms with Crippen molar-refractivity contribution in [3.8, 4) is 11.5 Å². The molecule has 0 aliphatic heterocycles. The minimum absolute atomic E-state index is 0.0936. The summed E-state index contributed by atoms with van der Waals surface area (Å²) in [6, 6.07) is 6.23. The Balaban J connectivity index is 1.56. The highest BCUT2D eigenvalue weighted by atomic mass is 79.9. The number of benzene rings is 2. The van der Waals surface area contributed by atoms with Crippen molar-refractivity contribution in [3.63, 3.8) is 0 Å². The molecule has 0 bridgehead atoms. The van der Waals surface area contributed by atoms with Gasteiger partial charge < -0.3 is 19.0 Å². The van der Waals surface area contributed by atoms with Gasteiger partial charge in [-0.3, -0.25) is 9.79 Å². The minimum Gasteiger partial charge on any atom is -0.402 e. The molecule has 31 heavy (non-hydrogen) atoms. The average Bonchev–Trinajstić information content (AvgIpc) is 3.19. The number of fused-ring (bicyclic) bond motifs is 2. The molecule has 4 N–H and O–H groups in total. The fourth-order valence-electron chi connectivity index (χ4n) is 2.75. The molecule has 0 spiro atoms. The first-order valence-corrected chi connectivity index (χ1v) is 13.5. The molecule has 2 aromatic heterocycles. The maximum Gasteiger partial charge on any atom is 0.537 e. The SMILES string of the molecule is O=P(O)(Oc1c[nH]c2cc(Cl)c(Br)cc12)OP(=O)(O)Oc1c[nH]c2cc(Cl)c(Br)cc12. The zero-order valence-corrected chi connectivity index (χ0v) is 21.3. The van der Waals surface area contributed by atoms with Crippen molar-refractivity contribution in [2.24, 2.45) is 0 Å². The van der Waals surface area contributed by atoms with Gasteiger partial charge in [0.2, 0.25) is 0 Å². The van der Waals surface area contributed by atoms with Crippen LogP contribution in [0.15, 0.2) is 45.6 Å². The normalized spacial score (nSPS) is 15.7. The highest BCUT2D eigenvalue weighted by Gasteiger charge is 2.39. The second-order valence-electron chi connectivity index (χ2n) is 6.13. The zero-order valence-electron chi connectivity index (χ0n) is 14.8. The first-order chi connectivity index (χ1) is 14.4. The third kappa shape index (κ3) is 5.00. The summed E-state index contributed by atoms with van der Waals surface area (Å²) >= 11 is 18.5. The Morgan fingerprint density at radius 3 is 1.55 bits per heavy atom. The number of H-pyrrole nitrogens is 2. The molecular formula is C16H10Br2Cl2N2O7P2. The molecule has 9 nitrogen and oxygen atoms in total. The number of phosphoric ester groups is 2. The lowest BCUT2D eigenvalue weighted by Crippen LogP contribution is -2.00. The molecule has 0 amide bonds. The second kappa shape index (κ2) is 8.41. The van der Waals surface area contributed by atoms with E-state index >= 15 is 0 Å². The van der Waals surface area contributed by atoms with E-state index in [2.05, 4.69) is 46.1 Å². The summed E-state index contributed by atoms with van der Waals surface area (Å²) in [7, 11) is -10.2. The van der Waals surface area contributed by atoms with Crippen molar-refractivity contribution in [2.75, 3.05) is 0 Å². The maximum absolute atomic E-state index is 12.4. The van der Waals surface area contributed by atoms with Crippen LogP contribution in [0.25, 0.3) is 21.8 Å². The van der Waals surface area contributed by atoms with E-state index < -0.39 is 15.6 Å². The minimum atomic E-state index is -5.08. The molecule has 0 radical (unpaired) electrons. The van der Waals surface area contributed by atoms with Crippen LogP contribution in [-0.2, 0) is 13.4 Å². The van der Waals surface area contributed by atoms with Crippen molar-refractivity contribution >= 4 is 92.5 Å². The fraction of sp³-hybridized carbons (Fsp3) is 0. The average molecular weight is 635 g/mol. The molecule has 0 aliphatic carbocycles. The van der Waals surface area contributed by atoms with Gasteiger partial charge in [-0.2, -0.15) is 4.31 Å². The van der Waals surface area contributed by atoms with Gasteiger partial charge in [0, 0.05) is 32.1 Å². The van der Waals surface area contributed by atoms with Crippen LogP contribution in [0, 0.1) is 0 Å². The number of aromatic nitrogens is 2. The first kappa shape index (κ1) is 23.2. The maximum atomic E-state index is 12.4. The Morgan fingerprint density at radius 1 is 0.774 bits per heavy atom. The van der Waals surface area contributed by atoms with Crippen LogP contribution in [0.3, 0.4) is 0 Å². The standard InChI is InChI=1S/C16H10Br2Cl2N2O7P2/c17-9-1-7-13(3-11(9)19)21-5-15(7)27-30(23,24)29-31(25,26)28-16-6-22-14-4-12(20)10(18)2-8(14)16/h1-6,21-22H,(H,23,24)(H,25,26). The number of hydrogen-bond donors (Lipinski definition) is 4. The van der Waals surface area contributed by atoms with E-state index in [9.17, 15) is 18.9 Å². The summed E-state index contributed by atoms with van der Waals surface area (Å²) in [6.07, 6.45) is 2.56. The van der Waals surface area contributed by atoms with Crippen LogP contribution in [0.5, 0.6) is 11.5 Å². The summed E-state index contributed by atoms with van der Waals surface area (Å²) in [5.74, 6) is -0.187. The third-order valence-corrected chi connectivity index (χ3v) is 8.90. The Labute approximate surface area is 201 Å². The number of aromatic amines is 2. The van der Waals surface area contributed by atoms with Gasteiger partial charge in [0.15, 0.2) is 11.5 Å². The van der Waals surface area contributed by atoms with E-state index in [1.807, 2.05) is 0 Å². The fourth-order valence-corrected chi connectivity index (χ4v) is 5.87. The summed E-state index contributed by atoms with van der Waals surface area (Å²) in [6.45, 7) is 0. The molecule has 0 aliphatic rings. The molecule has 4 aromatic rings. The van der Waals surface area contributed by atoms with Crippen molar-refractivity contribution in [1.29, 1.82) is 0 Å². The number of rotatable bonds is 6. The van der Waals surface area contributed by atoms with E-state index in [0.29, 0.717) is 40.8 Å². The van der Waals surface area contributed by atoms with Gasteiger partial charge >= 0.3 is 15.6 Å². The number of nitrogens with one attached hydrogen (secondary N) is 2. The van der Waals surface area contributed by atoms with Crippen LogP contribution in [0.2, 0.25) is 10.0 Å². The van der Waals surface area contributed by atoms with Crippen molar-refractivity contribution in [3.05, 3.63) is 55.6 Å². The Bertz CT molecular complexity index is 1320. The Kier molecular flexibility index (Phi) is 6.28. The van der Waals surface area contributed by atoms with E-state index in [1.165, 1.54) is 12.4 Å². The molecule has 2 atom stereocenters. The van der Waals surface area contributed by atoms with Gasteiger partial charge in [-0.25, -0.2) is 9.13 Å². The molecule has 2 unspecified atom stereocenters. The van der Waals surface area contributed by atoms with Crippen LogP contribution in [0.1, 0.15) is 0 Å².